The van der Waals surface area contributed by atoms with Crippen molar-refractivity contribution in [1.29, 1.82) is 0 Å². The van der Waals surface area contributed by atoms with E-state index < -0.39 is 5.97 Å². The number of amides is 2. The minimum absolute atomic E-state index is 0.127. The van der Waals surface area contributed by atoms with E-state index in [2.05, 4.69) is 21.2 Å². The molecule has 0 saturated heterocycles. The van der Waals surface area contributed by atoms with Crippen LogP contribution in [-0.2, 0) is 4.79 Å². The number of carbonyl (C=O) groups is 2. The second kappa shape index (κ2) is 8.02. The number of halogens is 1. The molecule has 2 atom stereocenters. The highest BCUT2D eigenvalue weighted by molar-refractivity contribution is 9.10. The molecule has 5 nitrogen and oxygen atoms in total. The van der Waals surface area contributed by atoms with E-state index in [-0.39, 0.29) is 24.7 Å². The molecule has 2 unspecified atom stereocenters. The third-order valence-electron chi connectivity index (χ3n) is 3.40. The maximum atomic E-state index is 12.3. The number of carbonyl (C=O) groups excluding carboxylic acids is 1. The summed E-state index contributed by atoms with van der Waals surface area (Å²) in [5, 5.41) is 11.8. The number of aliphatic carboxylic acids is 1. The van der Waals surface area contributed by atoms with Crippen molar-refractivity contribution in [2.75, 3.05) is 6.54 Å². The lowest BCUT2D eigenvalue weighted by Crippen LogP contribution is -2.47. The largest absolute Gasteiger partial charge is 0.480 e. The highest BCUT2D eigenvalue weighted by Gasteiger charge is 2.23. The van der Waals surface area contributed by atoms with E-state index in [9.17, 15) is 9.59 Å². The van der Waals surface area contributed by atoms with Gasteiger partial charge in [0.05, 0.1) is 6.04 Å². The summed E-state index contributed by atoms with van der Waals surface area (Å²) in [7, 11) is 0. The Kier molecular flexibility index (Phi) is 6.68. The highest BCUT2D eigenvalue weighted by atomic mass is 79.9. The van der Waals surface area contributed by atoms with Gasteiger partial charge in [0.1, 0.15) is 6.54 Å². The Morgan fingerprint density at radius 3 is 2.33 bits per heavy atom. The van der Waals surface area contributed by atoms with Crippen molar-refractivity contribution in [2.45, 2.75) is 39.3 Å². The Labute approximate surface area is 133 Å². The molecule has 0 spiro atoms. The van der Waals surface area contributed by atoms with Crippen LogP contribution >= 0.6 is 15.9 Å². The van der Waals surface area contributed by atoms with Gasteiger partial charge in [0.15, 0.2) is 0 Å². The monoisotopic (exact) mass is 356 g/mol. The molecule has 2 N–H and O–H groups in total. The van der Waals surface area contributed by atoms with Gasteiger partial charge in [-0.05, 0) is 38.0 Å². The number of nitrogens with zero attached hydrogens (tertiary/aromatic N) is 1. The Morgan fingerprint density at radius 1 is 1.29 bits per heavy atom. The molecule has 1 aromatic rings. The fourth-order valence-electron chi connectivity index (χ4n) is 1.90. The van der Waals surface area contributed by atoms with Gasteiger partial charge in [-0.3, -0.25) is 4.79 Å². The van der Waals surface area contributed by atoms with E-state index in [0.29, 0.717) is 6.42 Å². The number of hydrogen-bond acceptors (Lipinski definition) is 2. The van der Waals surface area contributed by atoms with Gasteiger partial charge in [0.2, 0.25) is 0 Å². The van der Waals surface area contributed by atoms with Crippen molar-refractivity contribution in [2.24, 2.45) is 0 Å². The SMILES string of the molecule is CCC(C)N(CC(=O)O)C(=O)NC(C)c1ccc(Br)cc1. The molecule has 0 bridgehead atoms. The van der Waals surface area contributed by atoms with Crippen molar-refractivity contribution >= 4 is 27.9 Å². The fourth-order valence-corrected chi connectivity index (χ4v) is 2.16. The average molecular weight is 357 g/mol. The molecule has 6 heteroatoms. The number of benzene rings is 1. The quantitative estimate of drug-likeness (QED) is 0.820. The lowest BCUT2D eigenvalue weighted by atomic mass is 10.1. The number of carboxylic acids is 1. The molecule has 1 aromatic carbocycles. The summed E-state index contributed by atoms with van der Waals surface area (Å²) >= 11 is 3.36. The molecule has 0 aliphatic rings. The fraction of sp³-hybridized carbons (Fsp3) is 0.467. The van der Waals surface area contributed by atoms with Crippen LogP contribution in [0, 0.1) is 0 Å². The van der Waals surface area contributed by atoms with E-state index in [1.54, 1.807) is 0 Å². The van der Waals surface area contributed by atoms with E-state index in [1.165, 1.54) is 4.90 Å². The third-order valence-corrected chi connectivity index (χ3v) is 3.93. The molecule has 21 heavy (non-hydrogen) atoms. The number of carboxylic acid groups (broad SMARTS) is 1. The van der Waals surface area contributed by atoms with Crippen LogP contribution in [0.1, 0.15) is 38.8 Å². The summed E-state index contributed by atoms with van der Waals surface area (Å²) in [4.78, 5) is 24.5. The molecule has 0 fully saturated rings. The maximum absolute atomic E-state index is 12.3. The van der Waals surface area contributed by atoms with Crippen molar-refractivity contribution < 1.29 is 14.7 Å². The zero-order chi connectivity index (χ0) is 16.0. The van der Waals surface area contributed by atoms with Gasteiger partial charge in [0.25, 0.3) is 0 Å². The van der Waals surface area contributed by atoms with Crippen molar-refractivity contribution in [3.63, 3.8) is 0 Å². The Hall–Kier alpha value is -1.56. The van der Waals surface area contributed by atoms with E-state index in [0.717, 1.165) is 10.0 Å². The summed E-state index contributed by atoms with van der Waals surface area (Å²) in [5.74, 6) is -1.01. The summed E-state index contributed by atoms with van der Waals surface area (Å²) in [6, 6.07) is 6.97. The van der Waals surface area contributed by atoms with Crippen LogP contribution in [0.4, 0.5) is 4.79 Å². The normalized spacial score (nSPS) is 13.3. The number of rotatable bonds is 6. The van der Waals surface area contributed by atoms with Gasteiger partial charge in [0, 0.05) is 10.5 Å². The molecule has 0 aliphatic carbocycles. The third kappa shape index (κ3) is 5.38. The number of nitrogens with one attached hydrogen (secondary N) is 1. The van der Waals surface area contributed by atoms with Crippen LogP contribution in [0.15, 0.2) is 28.7 Å². The summed E-state index contributed by atoms with van der Waals surface area (Å²) in [6.45, 7) is 5.34. The minimum Gasteiger partial charge on any atom is -0.480 e. The first-order chi connectivity index (χ1) is 9.85. The van der Waals surface area contributed by atoms with Crippen LogP contribution in [-0.4, -0.2) is 34.6 Å². The summed E-state index contributed by atoms with van der Waals surface area (Å²) < 4.78 is 0.969. The number of hydrogen-bond donors (Lipinski definition) is 2. The van der Waals surface area contributed by atoms with E-state index >= 15 is 0 Å². The molecule has 116 valence electrons. The van der Waals surface area contributed by atoms with Gasteiger partial charge >= 0.3 is 12.0 Å². The van der Waals surface area contributed by atoms with Crippen molar-refractivity contribution in [3.05, 3.63) is 34.3 Å². The van der Waals surface area contributed by atoms with E-state index in [1.807, 2.05) is 45.0 Å². The molecule has 0 saturated carbocycles. The second-order valence-corrected chi connectivity index (χ2v) is 5.92. The van der Waals surface area contributed by atoms with Crippen LogP contribution < -0.4 is 5.32 Å². The molecule has 1 rings (SSSR count). The van der Waals surface area contributed by atoms with Gasteiger partial charge in [-0.2, -0.15) is 0 Å². The van der Waals surface area contributed by atoms with Gasteiger partial charge in [-0.15, -0.1) is 0 Å². The second-order valence-electron chi connectivity index (χ2n) is 5.00. The van der Waals surface area contributed by atoms with E-state index in [4.69, 9.17) is 5.11 Å². The smallest absolute Gasteiger partial charge is 0.323 e. The molecule has 0 aliphatic heterocycles. The van der Waals surface area contributed by atoms with Crippen LogP contribution in [0.5, 0.6) is 0 Å². The van der Waals surface area contributed by atoms with Crippen molar-refractivity contribution in [3.8, 4) is 0 Å². The summed E-state index contributed by atoms with van der Waals surface area (Å²) in [5.41, 5.74) is 0.964. The van der Waals surface area contributed by atoms with Crippen molar-refractivity contribution in [1.82, 2.24) is 10.2 Å². The van der Waals surface area contributed by atoms with Crippen LogP contribution in [0.3, 0.4) is 0 Å². The van der Waals surface area contributed by atoms with Gasteiger partial charge < -0.3 is 15.3 Å². The number of urea groups is 1. The first kappa shape index (κ1) is 17.5. The minimum atomic E-state index is -1.01. The van der Waals surface area contributed by atoms with Gasteiger partial charge in [-0.1, -0.05) is 35.0 Å². The Morgan fingerprint density at radius 2 is 1.86 bits per heavy atom. The Balaban J connectivity index is 2.75. The predicted molar refractivity (Wildman–Crippen MR) is 85.2 cm³/mol. The van der Waals surface area contributed by atoms with Crippen LogP contribution in [0.25, 0.3) is 0 Å². The highest BCUT2D eigenvalue weighted by Crippen LogP contribution is 2.17. The molecular formula is C15H21BrN2O3. The summed E-state index contributed by atoms with van der Waals surface area (Å²) in [6.07, 6.45) is 0.702. The molecular weight excluding hydrogens is 336 g/mol. The molecule has 0 aromatic heterocycles. The molecule has 2 amide bonds. The lowest BCUT2D eigenvalue weighted by molar-refractivity contribution is -0.138. The standard InChI is InChI=1S/C15H21BrN2O3/c1-4-10(2)18(9-14(19)20)15(21)17-11(3)12-5-7-13(16)8-6-12/h5-8,10-11H,4,9H2,1-3H3,(H,17,21)(H,19,20). The first-order valence-corrected chi connectivity index (χ1v) is 7.68. The van der Waals surface area contributed by atoms with Crippen LogP contribution in [0.2, 0.25) is 0 Å². The Bertz CT molecular complexity index is 490. The molecule has 0 radical (unpaired) electrons. The lowest BCUT2D eigenvalue weighted by Gasteiger charge is -2.28. The average Bonchev–Trinajstić information content (AvgIpc) is 2.44. The maximum Gasteiger partial charge on any atom is 0.323 e. The topological polar surface area (TPSA) is 69.6 Å². The molecule has 0 heterocycles. The zero-order valence-corrected chi connectivity index (χ0v) is 14.1. The predicted octanol–water partition coefficient (Wildman–Crippen LogP) is 3.40. The van der Waals surface area contributed by atoms with Gasteiger partial charge in [-0.25, -0.2) is 4.79 Å². The first-order valence-electron chi connectivity index (χ1n) is 6.89. The zero-order valence-electron chi connectivity index (χ0n) is 12.5.